The number of carbonyl (C=O) groups is 1. The molecule has 8 heteroatoms. The Kier molecular flexibility index (Phi) is 5.23. The lowest BCUT2D eigenvalue weighted by Crippen LogP contribution is -2.14. The van der Waals surface area contributed by atoms with Crippen LogP contribution in [0.5, 0.6) is 0 Å². The first-order valence-electron chi connectivity index (χ1n) is 5.97. The van der Waals surface area contributed by atoms with Crippen molar-refractivity contribution >= 4 is 22.4 Å². The molecule has 0 fully saturated rings. The van der Waals surface area contributed by atoms with Gasteiger partial charge in [0.1, 0.15) is 0 Å². The molecule has 2 heterocycles. The first-order chi connectivity index (χ1) is 9.78. The third kappa shape index (κ3) is 4.46. The summed E-state index contributed by atoms with van der Waals surface area (Å²) >= 11 is 1.30. The minimum Gasteiger partial charge on any atom is -0.395 e. The van der Waals surface area contributed by atoms with Crippen LogP contribution in [0.1, 0.15) is 17.7 Å². The average Bonchev–Trinajstić information content (AvgIpc) is 3.08. The molecule has 7 nitrogen and oxygen atoms in total. The number of aliphatic hydroxyl groups excluding tert-OH is 1. The van der Waals surface area contributed by atoms with Crippen LogP contribution in [0, 0.1) is 11.8 Å². The number of carbonyl (C=O) groups excluding carboxylic acids is 1. The van der Waals surface area contributed by atoms with Crippen molar-refractivity contribution in [1.29, 1.82) is 0 Å². The number of thiazole rings is 1. The van der Waals surface area contributed by atoms with Crippen LogP contribution in [-0.2, 0) is 11.3 Å². The van der Waals surface area contributed by atoms with Gasteiger partial charge in [-0.3, -0.25) is 9.48 Å². The number of nitrogens with zero attached hydrogens (tertiary/aromatic N) is 4. The van der Waals surface area contributed by atoms with Gasteiger partial charge in [-0.2, -0.15) is 0 Å². The first kappa shape index (κ1) is 14.2. The molecule has 104 valence electrons. The number of aryl methyl sites for hydroxylation is 1. The Bertz CT molecular complexity index is 611. The Balaban J connectivity index is 1.81. The van der Waals surface area contributed by atoms with Gasteiger partial charge in [-0.15, -0.1) is 5.10 Å². The van der Waals surface area contributed by atoms with E-state index in [0.717, 1.165) is 4.88 Å². The summed E-state index contributed by atoms with van der Waals surface area (Å²) in [5.41, 5.74) is 0. The van der Waals surface area contributed by atoms with E-state index in [1.807, 2.05) is 0 Å². The van der Waals surface area contributed by atoms with E-state index in [0.29, 0.717) is 24.5 Å². The zero-order chi connectivity index (χ0) is 14.2. The average molecular weight is 291 g/mol. The van der Waals surface area contributed by atoms with Crippen LogP contribution in [0.4, 0.5) is 5.13 Å². The van der Waals surface area contributed by atoms with Crippen molar-refractivity contribution in [1.82, 2.24) is 20.0 Å². The number of nitrogens with one attached hydrogen (secondary N) is 1. The van der Waals surface area contributed by atoms with Crippen molar-refractivity contribution < 1.29 is 9.90 Å². The fraction of sp³-hybridized carbons (Fsp3) is 0.333. The van der Waals surface area contributed by atoms with Crippen molar-refractivity contribution in [3.05, 3.63) is 23.5 Å². The number of hydrogen-bond donors (Lipinski definition) is 2. The third-order valence-electron chi connectivity index (χ3n) is 2.24. The maximum absolute atomic E-state index is 11.7. The maximum atomic E-state index is 11.7. The molecule has 0 unspecified atom stereocenters. The largest absolute Gasteiger partial charge is 0.395 e. The second kappa shape index (κ2) is 7.37. The number of aromatic nitrogens is 4. The fourth-order valence-electron chi connectivity index (χ4n) is 1.35. The fourth-order valence-corrected chi connectivity index (χ4v) is 2.05. The summed E-state index contributed by atoms with van der Waals surface area (Å²) < 4.78 is 1.59. The highest BCUT2D eigenvalue weighted by Gasteiger charge is 2.06. The van der Waals surface area contributed by atoms with Gasteiger partial charge >= 0.3 is 0 Å². The van der Waals surface area contributed by atoms with Crippen LogP contribution in [-0.4, -0.2) is 37.6 Å². The molecule has 0 radical (unpaired) electrons. The molecule has 2 rings (SSSR count). The van der Waals surface area contributed by atoms with Gasteiger partial charge in [0.2, 0.25) is 5.91 Å². The highest BCUT2D eigenvalue weighted by atomic mass is 32.1. The normalized spacial score (nSPS) is 9.85. The number of amides is 1. The van der Waals surface area contributed by atoms with Gasteiger partial charge < -0.3 is 10.4 Å². The Morgan fingerprint density at radius 3 is 3.20 bits per heavy atom. The second-order valence-electron chi connectivity index (χ2n) is 3.77. The monoisotopic (exact) mass is 291 g/mol. The lowest BCUT2D eigenvalue weighted by molar-refractivity contribution is -0.116. The summed E-state index contributed by atoms with van der Waals surface area (Å²) in [4.78, 5) is 16.5. The van der Waals surface area contributed by atoms with Gasteiger partial charge in [-0.25, -0.2) is 4.98 Å². The minimum absolute atomic E-state index is 0.0394. The number of rotatable bonds is 5. The van der Waals surface area contributed by atoms with E-state index in [1.54, 1.807) is 23.3 Å². The predicted molar refractivity (Wildman–Crippen MR) is 74.0 cm³/mol. The van der Waals surface area contributed by atoms with Gasteiger partial charge in [0.05, 0.1) is 30.4 Å². The van der Waals surface area contributed by atoms with Crippen LogP contribution in [0.15, 0.2) is 18.6 Å². The first-order valence-corrected chi connectivity index (χ1v) is 6.79. The van der Waals surface area contributed by atoms with Crippen molar-refractivity contribution in [3.63, 3.8) is 0 Å². The number of anilines is 1. The maximum Gasteiger partial charge on any atom is 0.228 e. The van der Waals surface area contributed by atoms with E-state index in [2.05, 4.69) is 32.5 Å². The summed E-state index contributed by atoms with van der Waals surface area (Å²) in [5, 5.41) is 19.3. The van der Waals surface area contributed by atoms with Crippen LogP contribution < -0.4 is 5.32 Å². The molecule has 2 aromatic heterocycles. The second-order valence-corrected chi connectivity index (χ2v) is 4.80. The summed E-state index contributed by atoms with van der Waals surface area (Å²) in [5.74, 6) is 5.53. The van der Waals surface area contributed by atoms with Crippen molar-refractivity contribution in [2.75, 3.05) is 11.9 Å². The molecule has 0 atom stereocenters. The highest BCUT2D eigenvalue weighted by Crippen LogP contribution is 2.17. The van der Waals surface area contributed by atoms with Crippen molar-refractivity contribution in [2.24, 2.45) is 0 Å². The molecule has 20 heavy (non-hydrogen) atoms. The van der Waals surface area contributed by atoms with Gasteiger partial charge in [0.25, 0.3) is 0 Å². The zero-order valence-corrected chi connectivity index (χ0v) is 11.4. The van der Waals surface area contributed by atoms with Crippen molar-refractivity contribution in [2.45, 2.75) is 19.4 Å². The van der Waals surface area contributed by atoms with Gasteiger partial charge in [0, 0.05) is 19.0 Å². The molecule has 0 aliphatic heterocycles. The quantitative estimate of drug-likeness (QED) is 0.782. The van der Waals surface area contributed by atoms with Crippen LogP contribution in [0.25, 0.3) is 0 Å². The molecule has 2 aromatic rings. The summed E-state index contributed by atoms with van der Waals surface area (Å²) in [6.07, 6.45) is 5.59. The lowest BCUT2D eigenvalue weighted by atomic mass is 10.4. The molecule has 0 spiro atoms. The molecule has 2 N–H and O–H groups in total. The van der Waals surface area contributed by atoms with E-state index in [9.17, 15) is 4.79 Å². The van der Waals surface area contributed by atoms with Crippen LogP contribution >= 0.6 is 11.3 Å². The highest BCUT2D eigenvalue weighted by molar-refractivity contribution is 7.16. The molecule has 0 saturated heterocycles. The smallest absolute Gasteiger partial charge is 0.228 e. The Labute approximate surface area is 119 Å². The minimum atomic E-state index is -0.135. The van der Waals surface area contributed by atoms with Gasteiger partial charge in [0.15, 0.2) is 5.13 Å². The summed E-state index contributed by atoms with van der Waals surface area (Å²) in [6, 6.07) is 0. The van der Waals surface area contributed by atoms with E-state index in [4.69, 9.17) is 5.11 Å². The zero-order valence-electron chi connectivity index (χ0n) is 10.6. The van der Waals surface area contributed by atoms with Crippen LogP contribution in [0.2, 0.25) is 0 Å². The standard InChI is InChI=1S/C12H13N5O2S/c18-8-2-1-3-10-9-13-12(20-10)15-11(19)4-6-17-7-5-14-16-17/h5,7,9,18H,2,4,6,8H2,(H,13,15,19). The molecule has 0 aromatic carbocycles. The molecule has 1 amide bonds. The Morgan fingerprint density at radius 2 is 2.45 bits per heavy atom. The van der Waals surface area contributed by atoms with E-state index in [1.165, 1.54) is 11.3 Å². The topological polar surface area (TPSA) is 92.9 Å². The predicted octanol–water partition coefficient (Wildman–Crippen LogP) is 0.497. The van der Waals surface area contributed by atoms with Crippen molar-refractivity contribution in [3.8, 4) is 11.8 Å². The SMILES string of the molecule is O=C(CCn1ccnn1)Nc1ncc(C#CCCO)s1. The third-order valence-corrected chi connectivity index (χ3v) is 3.07. The molecule has 0 saturated carbocycles. The van der Waals surface area contributed by atoms with Gasteiger partial charge in [-0.1, -0.05) is 28.4 Å². The summed E-state index contributed by atoms with van der Waals surface area (Å²) in [7, 11) is 0. The summed E-state index contributed by atoms with van der Waals surface area (Å²) in [6.45, 7) is 0.512. The molecule has 0 aliphatic carbocycles. The number of aliphatic hydroxyl groups is 1. The van der Waals surface area contributed by atoms with Gasteiger partial charge in [-0.05, 0) is 0 Å². The lowest BCUT2D eigenvalue weighted by Gasteiger charge is -2.00. The van der Waals surface area contributed by atoms with E-state index >= 15 is 0 Å². The molecular formula is C12H13N5O2S. The molecular weight excluding hydrogens is 278 g/mol. The van der Waals surface area contributed by atoms with E-state index in [-0.39, 0.29) is 12.5 Å². The molecule has 0 aliphatic rings. The van der Waals surface area contributed by atoms with E-state index < -0.39 is 0 Å². The Morgan fingerprint density at radius 1 is 1.55 bits per heavy atom. The van der Waals surface area contributed by atoms with Crippen LogP contribution in [0.3, 0.4) is 0 Å². The Hall–Kier alpha value is -2.24. The molecule has 0 bridgehead atoms. The number of hydrogen-bond acceptors (Lipinski definition) is 6.